The standard InChI is InChI=1S/C16H22N2O2/c1-18(12-13-9-15(19)10-13)7-4-8-20-16-6-3-2-5-14(16)11-17/h2-3,5-6,13,15,19H,4,7-10,12H2,1H3. The minimum absolute atomic E-state index is 0.0702. The van der Waals surface area contributed by atoms with E-state index in [1.54, 1.807) is 6.07 Å². The van der Waals surface area contributed by atoms with Crippen LogP contribution in [-0.2, 0) is 0 Å². The Morgan fingerprint density at radius 1 is 1.40 bits per heavy atom. The number of hydrogen-bond donors (Lipinski definition) is 1. The van der Waals surface area contributed by atoms with Gasteiger partial charge in [0.25, 0.3) is 0 Å². The molecule has 1 aromatic carbocycles. The van der Waals surface area contributed by atoms with Crippen LogP contribution < -0.4 is 4.74 Å². The minimum Gasteiger partial charge on any atom is -0.492 e. The highest BCUT2D eigenvalue weighted by Gasteiger charge is 2.27. The molecule has 4 nitrogen and oxygen atoms in total. The van der Waals surface area contributed by atoms with Gasteiger partial charge in [0.1, 0.15) is 11.8 Å². The largest absolute Gasteiger partial charge is 0.492 e. The Bertz CT molecular complexity index is 464. The van der Waals surface area contributed by atoms with E-state index in [9.17, 15) is 5.11 Å². The van der Waals surface area contributed by atoms with Gasteiger partial charge in [0.05, 0.1) is 18.3 Å². The Hall–Kier alpha value is -1.57. The molecule has 1 aromatic rings. The number of para-hydroxylation sites is 1. The van der Waals surface area contributed by atoms with Crippen molar-refractivity contribution in [3.05, 3.63) is 29.8 Å². The van der Waals surface area contributed by atoms with E-state index in [0.717, 1.165) is 32.4 Å². The molecule has 108 valence electrons. The van der Waals surface area contributed by atoms with Crippen LogP contribution in [0.15, 0.2) is 24.3 Å². The van der Waals surface area contributed by atoms with Crippen LogP contribution in [-0.4, -0.2) is 42.9 Å². The van der Waals surface area contributed by atoms with Crippen molar-refractivity contribution in [1.82, 2.24) is 4.90 Å². The van der Waals surface area contributed by atoms with E-state index in [1.807, 2.05) is 18.2 Å². The third-order valence-corrected chi connectivity index (χ3v) is 3.73. The Morgan fingerprint density at radius 2 is 2.15 bits per heavy atom. The van der Waals surface area contributed by atoms with Crippen molar-refractivity contribution >= 4 is 0 Å². The van der Waals surface area contributed by atoms with Crippen LogP contribution >= 0.6 is 0 Å². The molecule has 1 aliphatic carbocycles. The number of aliphatic hydroxyl groups excluding tert-OH is 1. The summed E-state index contributed by atoms with van der Waals surface area (Å²) in [5.74, 6) is 1.31. The van der Waals surface area contributed by atoms with Crippen LogP contribution in [0.3, 0.4) is 0 Å². The Balaban J connectivity index is 1.62. The zero-order valence-electron chi connectivity index (χ0n) is 12.0. The highest BCUT2D eigenvalue weighted by Crippen LogP contribution is 2.27. The molecule has 0 spiro atoms. The van der Waals surface area contributed by atoms with Gasteiger partial charge in [0.15, 0.2) is 0 Å². The van der Waals surface area contributed by atoms with Gasteiger partial charge < -0.3 is 14.7 Å². The minimum atomic E-state index is -0.0702. The summed E-state index contributed by atoms with van der Waals surface area (Å²) in [6, 6.07) is 9.45. The maximum Gasteiger partial charge on any atom is 0.137 e. The highest BCUT2D eigenvalue weighted by atomic mass is 16.5. The summed E-state index contributed by atoms with van der Waals surface area (Å²) in [4.78, 5) is 2.29. The molecule has 0 bridgehead atoms. The molecule has 0 heterocycles. The fourth-order valence-electron chi connectivity index (χ4n) is 2.58. The molecule has 20 heavy (non-hydrogen) atoms. The molecular weight excluding hydrogens is 252 g/mol. The molecule has 1 saturated carbocycles. The van der Waals surface area contributed by atoms with Gasteiger partial charge >= 0.3 is 0 Å². The van der Waals surface area contributed by atoms with Crippen molar-refractivity contribution in [2.24, 2.45) is 5.92 Å². The molecule has 0 atom stereocenters. The molecular formula is C16H22N2O2. The van der Waals surface area contributed by atoms with Crippen molar-refractivity contribution in [3.63, 3.8) is 0 Å². The number of ether oxygens (including phenoxy) is 1. The maximum absolute atomic E-state index is 9.26. The molecule has 4 heteroatoms. The van der Waals surface area contributed by atoms with Crippen LogP contribution in [0.2, 0.25) is 0 Å². The average molecular weight is 274 g/mol. The molecule has 0 radical (unpaired) electrons. The number of nitriles is 1. The van der Waals surface area contributed by atoms with Crippen LogP contribution in [0.4, 0.5) is 0 Å². The maximum atomic E-state index is 9.26. The first-order chi connectivity index (χ1) is 9.69. The normalized spacial score (nSPS) is 21.3. The number of aliphatic hydroxyl groups is 1. The molecule has 1 N–H and O–H groups in total. The van der Waals surface area contributed by atoms with Gasteiger partial charge in [-0.2, -0.15) is 5.26 Å². The van der Waals surface area contributed by atoms with Crippen LogP contribution in [0.25, 0.3) is 0 Å². The number of nitrogens with zero attached hydrogens (tertiary/aromatic N) is 2. The summed E-state index contributed by atoms with van der Waals surface area (Å²) in [5, 5.41) is 18.2. The van der Waals surface area contributed by atoms with Gasteiger partial charge in [0, 0.05) is 13.1 Å². The molecule has 2 rings (SSSR count). The Morgan fingerprint density at radius 3 is 2.85 bits per heavy atom. The topological polar surface area (TPSA) is 56.5 Å². The predicted molar refractivity (Wildman–Crippen MR) is 77.5 cm³/mol. The zero-order chi connectivity index (χ0) is 14.4. The smallest absolute Gasteiger partial charge is 0.137 e. The first kappa shape index (κ1) is 14.8. The van der Waals surface area contributed by atoms with E-state index in [4.69, 9.17) is 10.00 Å². The summed E-state index contributed by atoms with van der Waals surface area (Å²) < 4.78 is 5.65. The number of hydrogen-bond acceptors (Lipinski definition) is 4. The summed E-state index contributed by atoms with van der Waals surface area (Å²) >= 11 is 0. The molecule has 1 fully saturated rings. The van der Waals surface area contributed by atoms with Crippen molar-refractivity contribution in [2.75, 3.05) is 26.7 Å². The summed E-state index contributed by atoms with van der Waals surface area (Å²) in [5.41, 5.74) is 0.587. The predicted octanol–water partition coefficient (Wildman–Crippen LogP) is 2.03. The number of rotatable bonds is 7. The van der Waals surface area contributed by atoms with Crippen LogP contribution in [0.1, 0.15) is 24.8 Å². The second kappa shape index (κ2) is 7.28. The fraction of sp³-hybridized carbons (Fsp3) is 0.562. The van der Waals surface area contributed by atoms with Crippen molar-refractivity contribution in [3.8, 4) is 11.8 Å². The van der Waals surface area contributed by atoms with Gasteiger partial charge in [-0.05, 0) is 44.4 Å². The van der Waals surface area contributed by atoms with E-state index < -0.39 is 0 Å². The first-order valence-electron chi connectivity index (χ1n) is 7.17. The van der Waals surface area contributed by atoms with E-state index in [2.05, 4.69) is 18.0 Å². The van der Waals surface area contributed by atoms with Crippen molar-refractivity contribution in [2.45, 2.75) is 25.4 Å². The highest BCUT2D eigenvalue weighted by molar-refractivity contribution is 5.42. The second-order valence-electron chi connectivity index (χ2n) is 5.56. The van der Waals surface area contributed by atoms with E-state index >= 15 is 0 Å². The van der Waals surface area contributed by atoms with Crippen LogP contribution in [0.5, 0.6) is 5.75 Å². The van der Waals surface area contributed by atoms with Gasteiger partial charge in [-0.15, -0.1) is 0 Å². The molecule has 0 unspecified atom stereocenters. The van der Waals surface area contributed by atoms with E-state index in [-0.39, 0.29) is 6.10 Å². The third kappa shape index (κ3) is 4.22. The van der Waals surface area contributed by atoms with Gasteiger partial charge in [-0.3, -0.25) is 0 Å². The lowest BCUT2D eigenvalue weighted by atomic mass is 9.82. The van der Waals surface area contributed by atoms with E-state index in [1.165, 1.54) is 0 Å². The fourth-order valence-corrected chi connectivity index (χ4v) is 2.58. The van der Waals surface area contributed by atoms with E-state index in [0.29, 0.717) is 23.8 Å². The molecule has 1 aliphatic rings. The first-order valence-corrected chi connectivity index (χ1v) is 7.17. The SMILES string of the molecule is CN(CCCOc1ccccc1C#N)CC1CC(O)C1. The van der Waals surface area contributed by atoms with Crippen LogP contribution in [0, 0.1) is 17.2 Å². The summed E-state index contributed by atoms with van der Waals surface area (Å²) in [6.45, 7) is 2.64. The number of benzene rings is 1. The van der Waals surface area contributed by atoms with Crippen molar-refractivity contribution < 1.29 is 9.84 Å². The zero-order valence-corrected chi connectivity index (χ0v) is 12.0. The lowest BCUT2D eigenvalue weighted by Gasteiger charge is -2.34. The van der Waals surface area contributed by atoms with Gasteiger partial charge in [0.2, 0.25) is 0 Å². The summed E-state index contributed by atoms with van der Waals surface area (Å²) in [6.07, 6.45) is 2.75. The Kier molecular flexibility index (Phi) is 5.40. The average Bonchev–Trinajstić information content (AvgIpc) is 2.42. The summed E-state index contributed by atoms with van der Waals surface area (Å²) in [7, 11) is 2.11. The van der Waals surface area contributed by atoms with Crippen molar-refractivity contribution in [1.29, 1.82) is 5.26 Å². The lowest BCUT2D eigenvalue weighted by Crippen LogP contribution is -2.37. The van der Waals surface area contributed by atoms with Gasteiger partial charge in [-0.1, -0.05) is 12.1 Å². The lowest BCUT2D eigenvalue weighted by molar-refractivity contribution is 0.0278. The second-order valence-corrected chi connectivity index (χ2v) is 5.56. The molecule has 0 aromatic heterocycles. The molecule has 0 aliphatic heterocycles. The monoisotopic (exact) mass is 274 g/mol. The molecule has 0 amide bonds. The third-order valence-electron chi connectivity index (χ3n) is 3.73. The quantitative estimate of drug-likeness (QED) is 0.773. The van der Waals surface area contributed by atoms with Gasteiger partial charge in [-0.25, -0.2) is 0 Å². The molecule has 0 saturated heterocycles. The Labute approximate surface area is 120 Å².